The first-order chi connectivity index (χ1) is 9.41. The number of nitrogens with two attached hydrogens (primary N) is 1. The zero-order valence-corrected chi connectivity index (χ0v) is 13.0. The predicted molar refractivity (Wildman–Crippen MR) is 79.7 cm³/mol. The van der Waals surface area contributed by atoms with Crippen molar-refractivity contribution in [2.24, 2.45) is 5.84 Å². The Kier molecular flexibility index (Phi) is 6.34. The summed E-state index contributed by atoms with van der Waals surface area (Å²) in [7, 11) is 0.312. The van der Waals surface area contributed by atoms with E-state index >= 15 is 0 Å². The first-order valence-corrected chi connectivity index (χ1v) is 7.93. The zero-order valence-electron chi connectivity index (χ0n) is 12.2. The third-order valence-electron chi connectivity index (χ3n) is 2.79. The average Bonchev–Trinajstić information content (AvgIpc) is 2.43. The average molecular weight is 301 g/mol. The van der Waals surface area contributed by atoms with Gasteiger partial charge in [0.25, 0.3) is 0 Å². The Balaban J connectivity index is 3.01. The number of hydrogen-bond acceptors (Lipinski definition) is 6. The second-order valence-electron chi connectivity index (χ2n) is 4.73. The fraction of sp³-hybridized carbons (Fsp3) is 0.583. The summed E-state index contributed by atoms with van der Waals surface area (Å²) >= 11 is 0. The van der Waals surface area contributed by atoms with Gasteiger partial charge in [0.05, 0.1) is 4.90 Å². The molecule has 1 aromatic rings. The van der Waals surface area contributed by atoms with E-state index in [0.29, 0.717) is 25.5 Å². The molecule has 0 aromatic carbocycles. The Labute approximate surface area is 120 Å². The van der Waals surface area contributed by atoms with Crippen molar-refractivity contribution in [3.63, 3.8) is 0 Å². The van der Waals surface area contributed by atoms with Crippen LogP contribution in [0.3, 0.4) is 0 Å². The minimum Gasteiger partial charge on any atom is -0.308 e. The maximum atomic E-state index is 12.6. The van der Waals surface area contributed by atoms with Crippen LogP contribution in [0.4, 0.5) is 5.82 Å². The fourth-order valence-corrected chi connectivity index (χ4v) is 3.25. The van der Waals surface area contributed by atoms with Gasteiger partial charge in [-0.05, 0) is 26.6 Å². The maximum absolute atomic E-state index is 12.6. The standard InChI is InChI=1S/C12H23N5O2S/c1-4-7-17(9-8-16(2)3)20(18,19)11-5-6-14-12(10-11)15-13/h5-6,10H,4,7-9,13H2,1-3H3,(H,14,15). The molecule has 0 unspecified atom stereocenters. The van der Waals surface area contributed by atoms with E-state index in [1.54, 1.807) is 0 Å². The Morgan fingerprint density at radius 1 is 1.30 bits per heavy atom. The number of sulfonamides is 1. The lowest BCUT2D eigenvalue weighted by Crippen LogP contribution is -2.37. The molecule has 0 spiro atoms. The molecule has 0 aliphatic heterocycles. The van der Waals surface area contributed by atoms with Gasteiger partial charge in [0.15, 0.2) is 0 Å². The summed E-state index contributed by atoms with van der Waals surface area (Å²) in [4.78, 5) is 6.08. The van der Waals surface area contributed by atoms with Crippen molar-refractivity contribution in [2.45, 2.75) is 18.2 Å². The second kappa shape index (κ2) is 7.53. The van der Waals surface area contributed by atoms with Crippen LogP contribution in [-0.4, -0.2) is 56.3 Å². The minimum absolute atomic E-state index is 0.202. The van der Waals surface area contributed by atoms with Crippen LogP contribution in [0, 0.1) is 0 Å². The molecular weight excluding hydrogens is 278 g/mol. The Morgan fingerprint density at radius 3 is 2.55 bits per heavy atom. The molecule has 114 valence electrons. The molecule has 7 nitrogen and oxygen atoms in total. The molecule has 1 rings (SSSR count). The summed E-state index contributed by atoms with van der Waals surface area (Å²) in [5.41, 5.74) is 2.36. The van der Waals surface area contributed by atoms with Crippen LogP contribution in [0.1, 0.15) is 13.3 Å². The fourth-order valence-electron chi connectivity index (χ4n) is 1.71. The number of aromatic nitrogens is 1. The van der Waals surface area contributed by atoms with E-state index in [4.69, 9.17) is 5.84 Å². The normalized spacial score (nSPS) is 12.1. The molecule has 8 heteroatoms. The van der Waals surface area contributed by atoms with E-state index in [-0.39, 0.29) is 4.90 Å². The van der Waals surface area contributed by atoms with Crippen LogP contribution in [0.5, 0.6) is 0 Å². The van der Waals surface area contributed by atoms with Gasteiger partial charge in [-0.3, -0.25) is 0 Å². The molecule has 0 saturated carbocycles. The highest BCUT2D eigenvalue weighted by Gasteiger charge is 2.24. The maximum Gasteiger partial charge on any atom is 0.243 e. The lowest BCUT2D eigenvalue weighted by molar-refractivity contribution is 0.333. The molecular formula is C12H23N5O2S. The number of nitrogens with zero attached hydrogens (tertiary/aromatic N) is 3. The highest BCUT2D eigenvalue weighted by atomic mass is 32.2. The van der Waals surface area contributed by atoms with Gasteiger partial charge in [-0.1, -0.05) is 6.92 Å². The van der Waals surface area contributed by atoms with E-state index in [1.165, 1.54) is 22.6 Å². The molecule has 0 atom stereocenters. The number of rotatable bonds is 8. The summed E-state index contributed by atoms with van der Waals surface area (Å²) in [6.07, 6.45) is 2.19. The molecule has 0 fully saturated rings. The van der Waals surface area contributed by atoms with Crippen molar-refractivity contribution in [3.8, 4) is 0 Å². The van der Waals surface area contributed by atoms with Crippen LogP contribution < -0.4 is 11.3 Å². The van der Waals surface area contributed by atoms with Crippen LogP contribution in [0.15, 0.2) is 23.2 Å². The van der Waals surface area contributed by atoms with E-state index in [9.17, 15) is 8.42 Å². The van der Waals surface area contributed by atoms with Crippen LogP contribution >= 0.6 is 0 Å². The van der Waals surface area contributed by atoms with Crippen molar-refractivity contribution in [3.05, 3.63) is 18.3 Å². The highest BCUT2D eigenvalue weighted by Crippen LogP contribution is 2.17. The smallest absolute Gasteiger partial charge is 0.243 e. The number of nitrogens with one attached hydrogen (secondary N) is 1. The molecule has 20 heavy (non-hydrogen) atoms. The van der Waals surface area contributed by atoms with Gasteiger partial charge < -0.3 is 10.3 Å². The zero-order chi connectivity index (χ0) is 15.2. The molecule has 3 N–H and O–H groups in total. The van der Waals surface area contributed by atoms with Crippen LogP contribution in [0.25, 0.3) is 0 Å². The molecule has 1 heterocycles. The summed E-state index contributed by atoms with van der Waals surface area (Å²) < 4.78 is 26.7. The van der Waals surface area contributed by atoms with Crippen molar-refractivity contribution >= 4 is 15.8 Å². The summed E-state index contributed by atoms with van der Waals surface area (Å²) in [6.45, 7) is 3.57. The Bertz CT molecular complexity index is 518. The molecule has 0 aliphatic rings. The second-order valence-corrected chi connectivity index (χ2v) is 6.67. The van der Waals surface area contributed by atoms with E-state index < -0.39 is 10.0 Å². The molecule has 1 aromatic heterocycles. The molecule has 0 amide bonds. The number of nitrogen functional groups attached to an aromatic ring is 1. The van der Waals surface area contributed by atoms with Crippen LogP contribution in [-0.2, 0) is 10.0 Å². The number of hydrazine groups is 1. The first-order valence-electron chi connectivity index (χ1n) is 6.49. The van der Waals surface area contributed by atoms with E-state index in [2.05, 4.69) is 10.4 Å². The van der Waals surface area contributed by atoms with Crippen molar-refractivity contribution in [1.29, 1.82) is 0 Å². The predicted octanol–water partition coefficient (Wildman–Crippen LogP) is 0.330. The lowest BCUT2D eigenvalue weighted by atomic mass is 10.4. The van der Waals surface area contributed by atoms with Crippen molar-refractivity contribution in [2.75, 3.05) is 39.2 Å². The molecule has 0 saturated heterocycles. The van der Waals surface area contributed by atoms with Crippen molar-refractivity contribution in [1.82, 2.24) is 14.2 Å². The van der Waals surface area contributed by atoms with E-state index in [1.807, 2.05) is 25.9 Å². The first kappa shape index (κ1) is 16.8. The quantitative estimate of drug-likeness (QED) is 0.531. The van der Waals surface area contributed by atoms with Gasteiger partial charge >= 0.3 is 0 Å². The van der Waals surface area contributed by atoms with Crippen molar-refractivity contribution < 1.29 is 8.42 Å². The molecule has 0 radical (unpaired) electrons. The largest absolute Gasteiger partial charge is 0.308 e. The van der Waals surface area contributed by atoms with Gasteiger partial charge in [-0.2, -0.15) is 4.31 Å². The summed E-state index contributed by atoms with van der Waals surface area (Å²) in [5, 5.41) is 0. The van der Waals surface area contributed by atoms with Gasteiger partial charge in [0.2, 0.25) is 10.0 Å². The molecule has 0 bridgehead atoms. The SMILES string of the molecule is CCCN(CCN(C)C)S(=O)(=O)c1ccnc(NN)c1. The number of pyridine rings is 1. The van der Waals surface area contributed by atoms with Gasteiger partial charge in [-0.15, -0.1) is 0 Å². The Hall–Kier alpha value is -1.22. The third kappa shape index (κ3) is 4.41. The topological polar surface area (TPSA) is 91.6 Å². The van der Waals surface area contributed by atoms with Crippen LogP contribution in [0.2, 0.25) is 0 Å². The highest BCUT2D eigenvalue weighted by molar-refractivity contribution is 7.89. The number of likely N-dealkylation sites (N-methyl/N-ethyl adjacent to an activating group) is 1. The minimum atomic E-state index is -3.52. The monoisotopic (exact) mass is 301 g/mol. The van der Waals surface area contributed by atoms with Gasteiger partial charge in [-0.25, -0.2) is 19.2 Å². The summed E-state index contributed by atoms with van der Waals surface area (Å²) in [5.74, 6) is 5.60. The number of anilines is 1. The Morgan fingerprint density at radius 2 is 2.00 bits per heavy atom. The number of hydrogen-bond donors (Lipinski definition) is 2. The molecule has 0 aliphatic carbocycles. The van der Waals surface area contributed by atoms with E-state index in [0.717, 1.165) is 6.42 Å². The lowest BCUT2D eigenvalue weighted by Gasteiger charge is -2.23. The van der Waals surface area contributed by atoms with Gasteiger partial charge in [0, 0.05) is 31.9 Å². The summed E-state index contributed by atoms with van der Waals surface area (Å²) in [6, 6.07) is 2.92. The third-order valence-corrected chi connectivity index (χ3v) is 4.68. The van der Waals surface area contributed by atoms with Gasteiger partial charge in [0.1, 0.15) is 5.82 Å².